The van der Waals surface area contributed by atoms with Crippen LogP contribution >= 0.6 is 0 Å². The molecule has 1 aliphatic carbocycles. The maximum absolute atomic E-state index is 12.9. The molecule has 3 aliphatic rings. The molecule has 1 amide bonds. The predicted molar refractivity (Wildman–Crippen MR) is 182 cm³/mol. The summed E-state index contributed by atoms with van der Waals surface area (Å²) in [5, 5.41) is 9.05. The molecule has 7 heteroatoms. The molecule has 2 aliphatic heterocycles. The second kappa shape index (κ2) is 13.0. The van der Waals surface area contributed by atoms with Gasteiger partial charge in [0.2, 0.25) is 0 Å². The average molecular weight is 602 g/mol. The molecule has 7 nitrogen and oxygen atoms in total. The summed E-state index contributed by atoms with van der Waals surface area (Å²) in [4.78, 5) is 21.7. The third-order valence-electron chi connectivity index (χ3n) is 9.64. The Morgan fingerprint density at radius 1 is 1.00 bits per heavy atom. The number of nitrogens with zero attached hydrogens (tertiary/aromatic N) is 3. The number of pyridine rings is 1. The molecule has 3 heterocycles. The number of nitrogens with one attached hydrogen (secondary N) is 1. The molecule has 2 fully saturated rings. The minimum Gasteiger partial charge on any atom is -0.383 e. The zero-order chi connectivity index (χ0) is 31.7. The Labute approximate surface area is 266 Å². The Bertz CT molecular complexity index is 1670. The fourth-order valence-corrected chi connectivity index (χ4v) is 7.25. The molecule has 2 saturated heterocycles. The number of anilines is 1. The monoisotopic (exact) mass is 601 g/mol. The van der Waals surface area contributed by atoms with Crippen LogP contribution in [-0.4, -0.2) is 71.8 Å². The van der Waals surface area contributed by atoms with Crippen LogP contribution in [0.25, 0.3) is 16.7 Å². The van der Waals surface area contributed by atoms with Gasteiger partial charge in [-0.15, -0.1) is 0 Å². The molecule has 6 rings (SSSR count). The Kier molecular flexibility index (Phi) is 8.83. The average Bonchev–Trinajstić information content (AvgIpc) is 3.27. The summed E-state index contributed by atoms with van der Waals surface area (Å²) < 4.78 is 5.73. The molecule has 3 unspecified atom stereocenters. The maximum Gasteiger partial charge on any atom is 0.253 e. The quantitative estimate of drug-likeness (QED) is 0.141. The number of amides is 1. The standard InChI is InChI=1S/C38H43N5O2/c1-5-7-34(38(44)42(3)4)33(6-2)25-9-11-26(12-10-25)36(39)35-19-29(21-41-37(35)40)28-13-8-24-14-16-30(17-15-27(24)18-28)43-31-20-32(43)23-45-22-31/h5-13,18-19,21,30-32,39H,1,14-17,20,22-23H2,2-4H3,(H2,40,41)/b33-6-,34-7+,39-36?. The number of fused-ring (bicyclic) bond motifs is 3. The van der Waals surface area contributed by atoms with Gasteiger partial charge in [0.1, 0.15) is 5.82 Å². The van der Waals surface area contributed by atoms with Crippen LogP contribution in [0, 0.1) is 5.41 Å². The van der Waals surface area contributed by atoms with Crippen LogP contribution in [0.2, 0.25) is 0 Å². The van der Waals surface area contributed by atoms with Gasteiger partial charge in [0.15, 0.2) is 0 Å². The summed E-state index contributed by atoms with van der Waals surface area (Å²) in [6.45, 7) is 7.47. The fourth-order valence-electron chi connectivity index (χ4n) is 7.25. The first-order chi connectivity index (χ1) is 21.8. The van der Waals surface area contributed by atoms with E-state index in [2.05, 4.69) is 34.7 Å². The van der Waals surface area contributed by atoms with Crippen molar-refractivity contribution < 1.29 is 9.53 Å². The Balaban J connectivity index is 1.21. The summed E-state index contributed by atoms with van der Waals surface area (Å²) in [5.41, 5.74) is 15.1. The number of allylic oxidation sites excluding steroid dienone is 3. The lowest BCUT2D eigenvalue weighted by atomic mass is 9.87. The van der Waals surface area contributed by atoms with Gasteiger partial charge >= 0.3 is 0 Å². The van der Waals surface area contributed by atoms with Crippen molar-refractivity contribution in [3.8, 4) is 11.1 Å². The third-order valence-corrected chi connectivity index (χ3v) is 9.64. The van der Waals surface area contributed by atoms with Crippen molar-refractivity contribution in [3.63, 3.8) is 0 Å². The molecule has 3 atom stereocenters. The molecular formula is C38H43N5O2. The van der Waals surface area contributed by atoms with Gasteiger partial charge in [-0.1, -0.05) is 61.2 Å². The number of morpholine rings is 1. The third kappa shape index (κ3) is 6.02. The number of aryl methyl sites for hydroxylation is 2. The van der Waals surface area contributed by atoms with Crippen molar-refractivity contribution in [2.24, 2.45) is 0 Å². The Morgan fingerprint density at radius 3 is 2.33 bits per heavy atom. The number of nitrogens with two attached hydrogens (primary N) is 1. The van der Waals surface area contributed by atoms with Gasteiger partial charge in [-0.05, 0) is 79.0 Å². The highest BCUT2D eigenvalue weighted by Gasteiger charge is 2.45. The number of aromatic nitrogens is 1. The van der Waals surface area contributed by atoms with Crippen LogP contribution in [0.3, 0.4) is 0 Å². The lowest BCUT2D eigenvalue weighted by molar-refractivity contribution is -0.148. The first-order valence-electron chi connectivity index (χ1n) is 15.9. The number of likely N-dealkylation sites (N-methyl/N-ethyl adjacent to an activating group) is 1. The smallest absolute Gasteiger partial charge is 0.253 e. The molecule has 0 radical (unpaired) electrons. The second-order valence-corrected chi connectivity index (χ2v) is 12.6. The molecule has 3 aromatic rings. The van der Waals surface area contributed by atoms with Crippen molar-refractivity contribution in [1.82, 2.24) is 14.8 Å². The van der Waals surface area contributed by atoms with Gasteiger partial charge in [0.25, 0.3) is 5.91 Å². The van der Waals surface area contributed by atoms with E-state index in [1.807, 2.05) is 49.5 Å². The molecular weight excluding hydrogens is 558 g/mol. The summed E-state index contributed by atoms with van der Waals surface area (Å²) >= 11 is 0. The number of rotatable bonds is 8. The van der Waals surface area contributed by atoms with Crippen LogP contribution in [-0.2, 0) is 22.4 Å². The molecule has 2 aromatic carbocycles. The van der Waals surface area contributed by atoms with Crippen LogP contribution in [0.1, 0.15) is 54.0 Å². The van der Waals surface area contributed by atoms with Gasteiger partial charge in [-0.3, -0.25) is 15.1 Å². The second-order valence-electron chi connectivity index (χ2n) is 12.6. The zero-order valence-corrected chi connectivity index (χ0v) is 26.6. The molecule has 0 spiro atoms. The van der Waals surface area contributed by atoms with E-state index in [0.29, 0.717) is 40.8 Å². The highest BCUT2D eigenvalue weighted by Crippen LogP contribution is 2.38. The lowest BCUT2D eigenvalue weighted by Crippen LogP contribution is -2.66. The minimum absolute atomic E-state index is 0.0957. The van der Waals surface area contributed by atoms with Gasteiger partial charge in [0, 0.05) is 60.7 Å². The van der Waals surface area contributed by atoms with Gasteiger partial charge in [-0.25, -0.2) is 4.98 Å². The van der Waals surface area contributed by atoms with Crippen LogP contribution in [0.5, 0.6) is 0 Å². The van der Waals surface area contributed by atoms with Crippen LogP contribution in [0.15, 0.2) is 85.1 Å². The highest BCUT2D eigenvalue weighted by molar-refractivity contribution is 6.14. The molecule has 3 N–H and O–H groups in total. The number of carbonyl (C=O) groups excluding carboxylic acids is 1. The van der Waals surface area contributed by atoms with E-state index in [4.69, 9.17) is 15.9 Å². The molecule has 0 saturated carbocycles. The molecule has 2 bridgehead atoms. The van der Waals surface area contributed by atoms with Crippen molar-refractivity contribution in [2.45, 2.75) is 57.2 Å². The van der Waals surface area contributed by atoms with Gasteiger partial charge < -0.3 is 15.4 Å². The number of ether oxygens (including phenoxy) is 1. The summed E-state index contributed by atoms with van der Waals surface area (Å²) in [7, 11) is 3.47. The van der Waals surface area contributed by atoms with Crippen molar-refractivity contribution in [2.75, 3.05) is 33.0 Å². The number of carbonyl (C=O) groups is 1. The minimum atomic E-state index is -0.0957. The highest BCUT2D eigenvalue weighted by atomic mass is 16.5. The van der Waals surface area contributed by atoms with Gasteiger partial charge in [-0.2, -0.15) is 0 Å². The largest absolute Gasteiger partial charge is 0.383 e. The van der Waals surface area contributed by atoms with E-state index in [0.717, 1.165) is 53.9 Å². The summed E-state index contributed by atoms with van der Waals surface area (Å²) in [6.07, 6.45) is 12.9. The fraction of sp³-hybridized carbons (Fsp3) is 0.342. The van der Waals surface area contributed by atoms with Crippen molar-refractivity contribution in [3.05, 3.63) is 113 Å². The zero-order valence-electron chi connectivity index (χ0n) is 26.6. The van der Waals surface area contributed by atoms with Crippen molar-refractivity contribution in [1.29, 1.82) is 5.41 Å². The Hall–Kier alpha value is -4.33. The molecule has 232 valence electrons. The molecule has 45 heavy (non-hydrogen) atoms. The van der Waals surface area contributed by atoms with Crippen LogP contribution < -0.4 is 5.73 Å². The normalized spacial score (nSPS) is 21.7. The number of hydrogen-bond acceptors (Lipinski definition) is 6. The predicted octanol–water partition coefficient (Wildman–Crippen LogP) is 6.07. The number of nitrogen functional groups attached to an aromatic ring is 1. The SMILES string of the molecule is C=C/C=C(C(=O)N(C)C)\C(=C/C)c1ccc(C(=N)c2cc(-c3ccc4c(c3)CCC(N3C5COCC3C5)CC4)cnc2N)cc1. The van der Waals surface area contributed by atoms with E-state index in [9.17, 15) is 4.79 Å². The van der Waals surface area contributed by atoms with Crippen LogP contribution in [0.4, 0.5) is 5.82 Å². The topological polar surface area (TPSA) is 95.5 Å². The lowest BCUT2D eigenvalue weighted by Gasteiger charge is -2.56. The summed E-state index contributed by atoms with van der Waals surface area (Å²) in [6, 6.07) is 18.3. The maximum atomic E-state index is 12.9. The Morgan fingerprint density at radius 2 is 1.69 bits per heavy atom. The number of hydrogen-bond donors (Lipinski definition) is 2. The van der Waals surface area contributed by atoms with E-state index in [1.165, 1.54) is 30.4 Å². The number of benzene rings is 2. The first kappa shape index (κ1) is 30.7. The van der Waals surface area contributed by atoms with E-state index >= 15 is 0 Å². The van der Waals surface area contributed by atoms with E-state index in [-0.39, 0.29) is 5.91 Å². The van der Waals surface area contributed by atoms with E-state index in [1.54, 1.807) is 31.1 Å². The van der Waals surface area contributed by atoms with E-state index < -0.39 is 0 Å². The first-order valence-corrected chi connectivity index (χ1v) is 15.9. The van der Waals surface area contributed by atoms with Gasteiger partial charge in [0.05, 0.1) is 18.9 Å². The van der Waals surface area contributed by atoms with Crippen molar-refractivity contribution >= 4 is 23.0 Å². The summed E-state index contributed by atoms with van der Waals surface area (Å²) in [5.74, 6) is 0.234. The molecule has 1 aromatic heterocycles.